The number of thiophene rings is 1. The normalized spacial score (nSPS) is 6.75. The number of halogens is 3. The molecule has 1 aromatic heterocycles. The number of rotatable bonds is 1. The van der Waals surface area contributed by atoms with Gasteiger partial charge in [0, 0.05) is 18.0 Å². The van der Waals surface area contributed by atoms with Crippen molar-refractivity contribution in [3.05, 3.63) is 22.4 Å². The van der Waals surface area contributed by atoms with Gasteiger partial charge in [-0.2, -0.15) is 11.3 Å². The molecule has 0 aliphatic carbocycles. The molecule has 0 spiro atoms. The summed E-state index contributed by atoms with van der Waals surface area (Å²) in [5.74, 6) is -0.0174. The fourth-order valence-corrected chi connectivity index (χ4v) is 1.17. The molecule has 0 bridgehead atoms. The molecular formula is C6H10Cl3NOS. The number of amides is 1. The molecule has 0 saturated heterocycles. The van der Waals surface area contributed by atoms with Crippen molar-refractivity contribution >= 4 is 54.5 Å². The second-order valence-corrected chi connectivity index (χ2v) is 2.37. The van der Waals surface area contributed by atoms with E-state index in [1.165, 1.54) is 11.3 Å². The maximum absolute atomic E-state index is 10.8. The van der Waals surface area contributed by atoms with Gasteiger partial charge in [0.2, 0.25) is 0 Å². The largest absolute Gasteiger partial charge is 0.355 e. The van der Waals surface area contributed by atoms with Gasteiger partial charge in [0.25, 0.3) is 5.91 Å². The summed E-state index contributed by atoms with van der Waals surface area (Å²) < 4.78 is 0. The van der Waals surface area contributed by atoms with Crippen LogP contribution in [0.15, 0.2) is 16.8 Å². The molecule has 1 heterocycles. The highest BCUT2D eigenvalue weighted by Crippen LogP contribution is 2.04. The molecule has 0 saturated carbocycles. The molecule has 0 aliphatic heterocycles. The standard InChI is InChI=1S/C6H7NOS.3ClH/c1-7-6(8)5-2-3-9-4-5;;;/h2-4H,1H3,(H,7,8);3*1H. The van der Waals surface area contributed by atoms with Crippen molar-refractivity contribution < 1.29 is 4.79 Å². The van der Waals surface area contributed by atoms with Crippen LogP contribution in [0.3, 0.4) is 0 Å². The minimum absolute atomic E-state index is 0. The van der Waals surface area contributed by atoms with Gasteiger partial charge in [0.05, 0.1) is 0 Å². The molecule has 72 valence electrons. The zero-order valence-electron chi connectivity index (χ0n) is 6.27. The molecule has 1 rings (SSSR count). The number of carbonyl (C=O) groups excluding carboxylic acids is 1. The first kappa shape index (κ1) is 18.0. The van der Waals surface area contributed by atoms with Gasteiger partial charge in [-0.3, -0.25) is 4.79 Å². The minimum Gasteiger partial charge on any atom is -0.355 e. The highest BCUT2D eigenvalue weighted by Gasteiger charge is 1.99. The first-order valence-corrected chi connectivity index (χ1v) is 3.53. The fraction of sp³-hybridized carbons (Fsp3) is 0.167. The summed E-state index contributed by atoms with van der Waals surface area (Å²) in [5, 5.41) is 6.23. The van der Waals surface area contributed by atoms with Crippen molar-refractivity contribution in [1.29, 1.82) is 0 Å². The zero-order valence-corrected chi connectivity index (χ0v) is 9.54. The summed E-state index contributed by atoms with van der Waals surface area (Å²) in [7, 11) is 1.62. The van der Waals surface area contributed by atoms with E-state index in [4.69, 9.17) is 0 Å². The lowest BCUT2D eigenvalue weighted by Gasteiger charge is -1.90. The van der Waals surface area contributed by atoms with Crippen LogP contribution in [-0.4, -0.2) is 13.0 Å². The molecule has 0 aromatic carbocycles. The molecule has 0 aliphatic rings. The summed E-state index contributed by atoms with van der Waals surface area (Å²) >= 11 is 1.52. The fourth-order valence-electron chi connectivity index (χ4n) is 0.538. The third-order valence-electron chi connectivity index (χ3n) is 1.01. The quantitative estimate of drug-likeness (QED) is 0.815. The molecule has 0 unspecified atom stereocenters. The van der Waals surface area contributed by atoms with Gasteiger partial charge in [0.15, 0.2) is 0 Å². The van der Waals surface area contributed by atoms with Gasteiger partial charge in [-0.25, -0.2) is 0 Å². The SMILES string of the molecule is CNC(=O)c1ccsc1.Cl.Cl.Cl. The average Bonchev–Trinajstić information content (AvgIpc) is 2.37. The summed E-state index contributed by atoms with van der Waals surface area (Å²) in [6, 6.07) is 1.80. The summed E-state index contributed by atoms with van der Waals surface area (Å²) in [4.78, 5) is 10.8. The predicted molar refractivity (Wildman–Crippen MR) is 59.5 cm³/mol. The Bertz CT molecular complexity index is 203. The van der Waals surface area contributed by atoms with E-state index >= 15 is 0 Å². The molecule has 0 radical (unpaired) electrons. The second-order valence-electron chi connectivity index (χ2n) is 1.59. The number of hydrogen-bond acceptors (Lipinski definition) is 2. The van der Waals surface area contributed by atoms with E-state index in [2.05, 4.69) is 5.32 Å². The molecular weight excluding hydrogens is 240 g/mol. The lowest BCUT2D eigenvalue weighted by Crippen LogP contribution is -2.16. The van der Waals surface area contributed by atoms with Crippen LogP contribution in [0, 0.1) is 0 Å². The van der Waals surface area contributed by atoms with Crippen molar-refractivity contribution in [2.75, 3.05) is 7.05 Å². The van der Waals surface area contributed by atoms with E-state index in [1.807, 2.05) is 10.8 Å². The first-order valence-electron chi connectivity index (χ1n) is 2.59. The third-order valence-corrected chi connectivity index (χ3v) is 1.69. The number of carbonyl (C=O) groups is 1. The Kier molecular flexibility index (Phi) is 13.7. The second kappa shape index (κ2) is 9.13. The van der Waals surface area contributed by atoms with Crippen molar-refractivity contribution in [3.63, 3.8) is 0 Å². The molecule has 0 atom stereocenters. The molecule has 0 fully saturated rings. The topological polar surface area (TPSA) is 29.1 Å². The van der Waals surface area contributed by atoms with E-state index in [-0.39, 0.29) is 43.1 Å². The minimum atomic E-state index is -0.0174. The van der Waals surface area contributed by atoms with E-state index in [0.29, 0.717) is 0 Å². The van der Waals surface area contributed by atoms with Crippen LogP contribution in [0.1, 0.15) is 10.4 Å². The number of nitrogens with one attached hydrogen (secondary N) is 1. The summed E-state index contributed by atoms with van der Waals surface area (Å²) in [5.41, 5.74) is 0.738. The van der Waals surface area contributed by atoms with Crippen molar-refractivity contribution in [2.45, 2.75) is 0 Å². The maximum Gasteiger partial charge on any atom is 0.251 e. The number of hydrogen-bond donors (Lipinski definition) is 1. The van der Waals surface area contributed by atoms with E-state index in [1.54, 1.807) is 13.1 Å². The maximum atomic E-state index is 10.8. The van der Waals surface area contributed by atoms with Crippen LogP contribution >= 0.6 is 48.6 Å². The van der Waals surface area contributed by atoms with Gasteiger partial charge in [0.1, 0.15) is 0 Å². The molecule has 1 aromatic rings. The van der Waals surface area contributed by atoms with Crippen molar-refractivity contribution in [1.82, 2.24) is 5.32 Å². The van der Waals surface area contributed by atoms with Crippen LogP contribution in [0.5, 0.6) is 0 Å². The molecule has 2 nitrogen and oxygen atoms in total. The Morgan fingerprint density at radius 2 is 2.00 bits per heavy atom. The first-order chi connectivity index (χ1) is 4.34. The highest BCUT2D eigenvalue weighted by atomic mass is 35.5. The predicted octanol–water partition coefficient (Wildman–Crippen LogP) is 2.37. The van der Waals surface area contributed by atoms with Crippen LogP contribution in [0.4, 0.5) is 0 Å². The van der Waals surface area contributed by atoms with Gasteiger partial charge in [-0.05, 0) is 11.4 Å². The Morgan fingerprint density at radius 1 is 1.42 bits per heavy atom. The van der Waals surface area contributed by atoms with Crippen molar-refractivity contribution in [2.24, 2.45) is 0 Å². The van der Waals surface area contributed by atoms with Gasteiger partial charge in [-0.1, -0.05) is 0 Å². The van der Waals surface area contributed by atoms with Crippen LogP contribution in [0.2, 0.25) is 0 Å². The van der Waals surface area contributed by atoms with Gasteiger partial charge in [-0.15, -0.1) is 37.2 Å². The van der Waals surface area contributed by atoms with Crippen LogP contribution in [-0.2, 0) is 0 Å². The van der Waals surface area contributed by atoms with Crippen molar-refractivity contribution in [3.8, 4) is 0 Å². The highest BCUT2D eigenvalue weighted by molar-refractivity contribution is 7.08. The average molecular weight is 251 g/mol. The van der Waals surface area contributed by atoms with E-state index in [9.17, 15) is 4.79 Å². The monoisotopic (exact) mass is 249 g/mol. The smallest absolute Gasteiger partial charge is 0.251 e. The van der Waals surface area contributed by atoms with E-state index in [0.717, 1.165) is 5.56 Å². The zero-order chi connectivity index (χ0) is 6.69. The Balaban J connectivity index is -0.000000270. The van der Waals surface area contributed by atoms with Gasteiger partial charge < -0.3 is 5.32 Å². The Morgan fingerprint density at radius 3 is 2.33 bits per heavy atom. The van der Waals surface area contributed by atoms with Gasteiger partial charge >= 0.3 is 0 Å². The Labute approximate surface area is 94.0 Å². The molecule has 1 N–H and O–H groups in total. The van der Waals surface area contributed by atoms with E-state index < -0.39 is 0 Å². The molecule has 1 amide bonds. The third kappa shape index (κ3) is 4.83. The molecule has 12 heavy (non-hydrogen) atoms. The van der Waals surface area contributed by atoms with Crippen LogP contribution < -0.4 is 5.32 Å². The summed E-state index contributed by atoms with van der Waals surface area (Å²) in [6.45, 7) is 0. The molecule has 6 heteroatoms. The Hall–Kier alpha value is 0.0400. The summed E-state index contributed by atoms with van der Waals surface area (Å²) in [6.07, 6.45) is 0. The lowest BCUT2D eigenvalue weighted by molar-refractivity contribution is 0.0963. The lowest BCUT2D eigenvalue weighted by atomic mass is 10.3. The van der Waals surface area contributed by atoms with Crippen LogP contribution in [0.25, 0.3) is 0 Å².